The number of rotatable bonds is 15. The molecule has 0 aliphatic rings. The van der Waals surface area contributed by atoms with Gasteiger partial charge in [-0.25, -0.2) is 4.79 Å². The highest BCUT2D eigenvalue weighted by atomic mass is 16.4. The normalized spacial score (nSPS) is 14.6. The first-order valence-corrected chi connectivity index (χ1v) is 10.6. The lowest BCUT2D eigenvalue weighted by molar-refractivity contribution is -0.143. The zero-order valence-electron chi connectivity index (χ0n) is 19.4. The summed E-state index contributed by atoms with van der Waals surface area (Å²) in [7, 11) is 0. The fourth-order valence-corrected chi connectivity index (χ4v) is 2.90. The minimum atomic E-state index is -1.51. The first-order valence-electron chi connectivity index (χ1n) is 10.6. The van der Waals surface area contributed by atoms with Crippen molar-refractivity contribution in [2.75, 3.05) is 0 Å². The molecule has 0 bridgehead atoms. The maximum Gasteiger partial charge on any atom is 0.326 e. The van der Waals surface area contributed by atoms with Crippen LogP contribution in [-0.4, -0.2) is 64.8 Å². The van der Waals surface area contributed by atoms with Crippen molar-refractivity contribution in [3.63, 3.8) is 0 Å². The summed E-state index contributed by atoms with van der Waals surface area (Å²) in [6, 6.07) is -4.98. The zero-order chi connectivity index (χ0) is 25.9. The lowest BCUT2D eigenvalue weighted by Gasteiger charge is -2.25. The van der Waals surface area contributed by atoms with Gasteiger partial charge in [-0.15, -0.1) is 0 Å². The molecule has 0 aromatic heterocycles. The Morgan fingerprint density at radius 1 is 0.788 bits per heavy atom. The number of carbonyl (C=O) groups excluding carboxylic acids is 5. The molecule has 188 valence electrons. The van der Waals surface area contributed by atoms with E-state index in [2.05, 4.69) is 16.0 Å². The van der Waals surface area contributed by atoms with Crippen molar-refractivity contribution in [3.05, 3.63) is 0 Å². The van der Waals surface area contributed by atoms with E-state index in [1.165, 1.54) is 0 Å². The van der Waals surface area contributed by atoms with Crippen molar-refractivity contribution in [3.8, 4) is 0 Å². The molecule has 13 nitrogen and oxygen atoms in total. The highest BCUT2D eigenvalue weighted by molar-refractivity contribution is 5.96. The molecule has 0 rings (SSSR count). The monoisotopic (exact) mass is 472 g/mol. The number of nitrogens with two attached hydrogens (primary N) is 3. The van der Waals surface area contributed by atoms with Crippen molar-refractivity contribution < 1.29 is 33.9 Å². The van der Waals surface area contributed by atoms with Crippen LogP contribution in [0.4, 0.5) is 0 Å². The number of nitrogens with one attached hydrogen (secondary N) is 3. The summed E-state index contributed by atoms with van der Waals surface area (Å²) in [5.74, 6) is -5.80. The summed E-state index contributed by atoms with van der Waals surface area (Å²) in [6.07, 6.45) is -0.714. The molecule has 4 atom stereocenters. The Bertz CT molecular complexity index is 740. The maximum atomic E-state index is 12.8. The van der Waals surface area contributed by atoms with Crippen molar-refractivity contribution in [2.24, 2.45) is 29.0 Å². The highest BCUT2D eigenvalue weighted by Crippen LogP contribution is 2.07. The van der Waals surface area contributed by atoms with Crippen molar-refractivity contribution in [2.45, 2.75) is 77.5 Å². The Labute approximate surface area is 192 Å². The number of aliphatic carboxylic acids is 1. The molecule has 0 saturated carbocycles. The van der Waals surface area contributed by atoms with Gasteiger partial charge < -0.3 is 38.3 Å². The lowest BCUT2D eigenvalue weighted by atomic mass is 10.0. The number of amides is 5. The molecule has 13 heteroatoms. The molecule has 0 saturated heterocycles. The predicted molar refractivity (Wildman–Crippen MR) is 118 cm³/mol. The lowest BCUT2D eigenvalue weighted by Crippen LogP contribution is -2.58. The molecule has 5 amide bonds. The van der Waals surface area contributed by atoms with E-state index in [4.69, 9.17) is 17.2 Å². The fourth-order valence-electron chi connectivity index (χ4n) is 2.90. The molecule has 0 aromatic carbocycles. The van der Waals surface area contributed by atoms with Gasteiger partial charge in [-0.2, -0.15) is 0 Å². The molecule has 4 unspecified atom stereocenters. The quantitative estimate of drug-likeness (QED) is 0.136. The number of hydrogen-bond acceptors (Lipinski definition) is 7. The Balaban J connectivity index is 5.58. The minimum Gasteiger partial charge on any atom is -0.480 e. The van der Waals surface area contributed by atoms with Crippen LogP contribution in [0.15, 0.2) is 0 Å². The Morgan fingerprint density at radius 2 is 1.30 bits per heavy atom. The van der Waals surface area contributed by atoms with E-state index in [-0.39, 0.29) is 18.8 Å². The van der Waals surface area contributed by atoms with Gasteiger partial charge in [-0.1, -0.05) is 27.7 Å². The SMILES string of the molecule is CC(C)CC(N)C(=O)NC(CCC(N)=O)C(=O)NC(CC(N)=O)C(=O)NC(C(=O)O)C(C)C. The Morgan fingerprint density at radius 3 is 1.73 bits per heavy atom. The molecule has 33 heavy (non-hydrogen) atoms. The van der Waals surface area contributed by atoms with Crippen LogP contribution in [0.3, 0.4) is 0 Å². The minimum absolute atomic E-state index is 0.107. The van der Waals surface area contributed by atoms with E-state index in [0.29, 0.717) is 6.42 Å². The molecule has 0 fully saturated rings. The first kappa shape index (κ1) is 29.8. The summed E-state index contributed by atoms with van der Waals surface area (Å²) in [6.45, 7) is 6.85. The van der Waals surface area contributed by atoms with Gasteiger partial charge in [0.15, 0.2) is 0 Å². The van der Waals surface area contributed by atoms with E-state index in [1.54, 1.807) is 13.8 Å². The fraction of sp³-hybridized carbons (Fsp3) is 0.700. The molecular weight excluding hydrogens is 436 g/mol. The number of carboxylic acid groups (broad SMARTS) is 1. The topological polar surface area (TPSA) is 237 Å². The van der Waals surface area contributed by atoms with Crippen LogP contribution >= 0.6 is 0 Å². The van der Waals surface area contributed by atoms with Crippen LogP contribution in [-0.2, 0) is 28.8 Å². The van der Waals surface area contributed by atoms with Gasteiger partial charge in [0.05, 0.1) is 12.5 Å². The van der Waals surface area contributed by atoms with Crippen LogP contribution in [0, 0.1) is 11.8 Å². The van der Waals surface area contributed by atoms with E-state index in [9.17, 15) is 33.9 Å². The van der Waals surface area contributed by atoms with Gasteiger partial charge in [-0.3, -0.25) is 24.0 Å². The van der Waals surface area contributed by atoms with Crippen LogP contribution < -0.4 is 33.2 Å². The van der Waals surface area contributed by atoms with Crippen LogP contribution in [0.25, 0.3) is 0 Å². The second-order valence-corrected chi connectivity index (χ2v) is 8.60. The molecule has 0 aliphatic heterocycles. The molecule has 0 aliphatic carbocycles. The molecule has 0 heterocycles. The summed E-state index contributed by atoms with van der Waals surface area (Å²) < 4.78 is 0. The largest absolute Gasteiger partial charge is 0.480 e. The maximum absolute atomic E-state index is 12.8. The number of primary amides is 2. The van der Waals surface area contributed by atoms with E-state index in [0.717, 1.165) is 0 Å². The third-order valence-corrected chi connectivity index (χ3v) is 4.64. The number of carboxylic acids is 1. The van der Waals surface area contributed by atoms with Crippen LogP contribution in [0.2, 0.25) is 0 Å². The van der Waals surface area contributed by atoms with Gasteiger partial charge in [0.2, 0.25) is 29.5 Å². The van der Waals surface area contributed by atoms with E-state index in [1.807, 2.05) is 13.8 Å². The van der Waals surface area contributed by atoms with Crippen molar-refractivity contribution >= 4 is 35.5 Å². The predicted octanol–water partition coefficient (Wildman–Crippen LogP) is -2.30. The second kappa shape index (κ2) is 14.0. The average molecular weight is 473 g/mol. The van der Waals surface area contributed by atoms with Crippen LogP contribution in [0.1, 0.15) is 53.4 Å². The van der Waals surface area contributed by atoms with E-state index >= 15 is 0 Å². The third kappa shape index (κ3) is 11.8. The first-order chi connectivity index (χ1) is 15.1. The summed E-state index contributed by atoms with van der Waals surface area (Å²) in [4.78, 5) is 71.8. The van der Waals surface area contributed by atoms with E-state index < -0.39 is 72.0 Å². The molecule has 0 radical (unpaired) electrons. The summed E-state index contributed by atoms with van der Waals surface area (Å²) in [5.41, 5.74) is 16.1. The Kier molecular flexibility index (Phi) is 12.7. The summed E-state index contributed by atoms with van der Waals surface area (Å²) >= 11 is 0. The third-order valence-electron chi connectivity index (χ3n) is 4.64. The molecule has 0 spiro atoms. The molecular formula is C20H36N6O7. The van der Waals surface area contributed by atoms with Crippen molar-refractivity contribution in [1.29, 1.82) is 0 Å². The highest BCUT2D eigenvalue weighted by Gasteiger charge is 2.32. The summed E-state index contributed by atoms with van der Waals surface area (Å²) in [5, 5.41) is 16.2. The smallest absolute Gasteiger partial charge is 0.326 e. The van der Waals surface area contributed by atoms with Gasteiger partial charge >= 0.3 is 5.97 Å². The van der Waals surface area contributed by atoms with Gasteiger partial charge in [0.25, 0.3) is 0 Å². The number of carbonyl (C=O) groups is 6. The molecule has 0 aromatic rings. The number of hydrogen-bond donors (Lipinski definition) is 7. The van der Waals surface area contributed by atoms with Crippen molar-refractivity contribution in [1.82, 2.24) is 16.0 Å². The van der Waals surface area contributed by atoms with Crippen LogP contribution in [0.5, 0.6) is 0 Å². The van der Waals surface area contributed by atoms with Gasteiger partial charge in [0, 0.05) is 6.42 Å². The van der Waals surface area contributed by atoms with Gasteiger partial charge in [-0.05, 0) is 24.7 Å². The van der Waals surface area contributed by atoms with Gasteiger partial charge in [0.1, 0.15) is 18.1 Å². The standard InChI is InChI=1S/C20H36N6O7/c1-9(2)7-11(21)17(29)24-12(5-6-14(22)27)18(30)25-13(8-15(23)28)19(31)26-16(10(3)4)20(32)33/h9-13,16H,5-8,21H2,1-4H3,(H2,22,27)(H2,23,28)(H,24,29)(H,25,30)(H,26,31)(H,32,33). The average Bonchev–Trinajstić information content (AvgIpc) is 2.66. The zero-order valence-corrected chi connectivity index (χ0v) is 19.4. The molecule has 10 N–H and O–H groups in total. The second-order valence-electron chi connectivity index (χ2n) is 8.60. The Hall–Kier alpha value is -3.22.